The highest BCUT2D eigenvalue weighted by molar-refractivity contribution is 7.89. The maximum atomic E-state index is 12.2. The molecular weight excluding hydrogens is 292 g/mol. The van der Waals surface area contributed by atoms with Crippen LogP contribution in [0.3, 0.4) is 0 Å². The van der Waals surface area contributed by atoms with Crippen molar-refractivity contribution < 1.29 is 18.4 Å². The summed E-state index contributed by atoms with van der Waals surface area (Å²) in [6.45, 7) is 0. The fourth-order valence-electron chi connectivity index (χ4n) is 1.73. The first-order valence-corrected chi connectivity index (χ1v) is 7.69. The molecule has 0 fully saturated rings. The summed E-state index contributed by atoms with van der Waals surface area (Å²) in [6.07, 6.45) is 5.32. The Morgan fingerprint density at radius 1 is 1.24 bits per heavy atom. The number of amides is 1. The summed E-state index contributed by atoms with van der Waals surface area (Å²) in [7, 11) is -3.50. The SMILES string of the molecule is O=C(/C=C/c1ccn(S(=O)(=O)Cc2ccccc2)c1)NO. The summed E-state index contributed by atoms with van der Waals surface area (Å²) in [5.74, 6) is -0.794. The predicted octanol–water partition coefficient (Wildman–Crippen LogP) is 1.38. The number of benzene rings is 1. The number of rotatable bonds is 5. The van der Waals surface area contributed by atoms with Crippen molar-refractivity contribution in [3.05, 3.63) is 66.0 Å². The molecule has 0 radical (unpaired) electrons. The van der Waals surface area contributed by atoms with E-state index in [4.69, 9.17) is 5.21 Å². The maximum absolute atomic E-state index is 12.2. The molecule has 1 amide bonds. The van der Waals surface area contributed by atoms with E-state index in [1.54, 1.807) is 30.3 Å². The number of aromatic nitrogens is 1. The first kappa shape index (κ1) is 15.0. The van der Waals surface area contributed by atoms with Crippen LogP contribution in [0.5, 0.6) is 0 Å². The van der Waals surface area contributed by atoms with Crippen molar-refractivity contribution in [2.45, 2.75) is 5.75 Å². The molecule has 1 heterocycles. The smallest absolute Gasteiger partial charge is 0.267 e. The zero-order chi connectivity index (χ0) is 15.3. The van der Waals surface area contributed by atoms with Crippen LogP contribution in [0.1, 0.15) is 11.1 Å². The molecule has 0 unspecified atom stereocenters. The molecule has 0 saturated heterocycles. The highest BCUT2D eigenvalue weighted by Crippen LogP contribution is 2.12. The molecule has 0 aliphatic heterocycles. The average molecular weight is 306 g/mol. The Balaban J connectivity index is 2.16. The average Bonchev–Trinajstić information content (AvgIpc) is 2.95. The van der Waals surface area contributed by atoms with Gasteiger partial charge in [-0.3, -0.25) is 14.0 Å². The van der Waals surface area contributed by atoms with E-state index in [0.29, 0.717) is 11.1 Å². The molecule has 6 nitrogen and oxygen atoms in total. The highest BCUT2D eigenvalue weighted by atomic mass is 32.2. The topological polar surface area (TPSA) is 88.4 Å². The number of carbonyl (C=O) groups excluding carboxylic acids is 1. The zero-order valence-corrected chi connectivity index (χ0v) is 11.8. The van der Waals surface area contributed by atoms with E-state index in [9.17, 15) is 13.2 Å². The van der Waals surface area contributed by atoms with E-state index in [0.717, 1.165) is 10.0 Å². The van der Waals surface area contributed by atoms with Crippen LogP contribution >= 0.6 is 0 Å². The quantitative estimate of drug-likeness (QED) is 0.496. The van der Waals surface area contributed by atoms with Gasteiger partial charge < -0.3 is 0 Å². The number of nitrogens with one attached hydrogen (secondary N) is 1. The van der Waals surface area contributed by atoms with E-state index in [1.165, 1.54) is 23.9 Å². The molecule has 0 spiro atoms. The second-order valence-corrected chi connectivity index (χ2v) is 6.20. The summed E-state index contributed by atoms with van der Waals surface area (Å²) in [5.41, 5.74) is 2.69. The third kappa shape index (κ3) is 4.04. The van der Waals surface area contributed by atoms with Gasteiger partial charge in [0, 0.05) is 18.5 Å². The van der Waals surface area contributed by atoms with Crippen molar-refractivity contribution in [3.63, 3.8) is 0 Å². The Labute approximate surface area is 122 Å². The number of carbonyl (C=O) groups is 1. The van der Waals surface area contributed by atoms with Crippen molar-refractivity contribution in [3.8, 4) is 0 Å². The lowest BCUT2D eigenvalue weighted by atomic mass is 10.2. The zero-order valence-electron chi connectivity index (χ0n) is 11.0. The molecule has 1 aromatic heterocycles. The van der Waals surface area contributed by atoms with E-state index >= 15 is 0 Å². The van der Waals surface area contributed by atoms with Crippen LogP contribution in [0, 0.1) is 0 Å². The third-order valence-electron chi connectivity index (χ3n) is 2.74. The van der Waals surface area contributed by atoms with Gasteiger partial charge in [-0.15, -0.1) is 0 Å². The summed E-state index contributed by atoms with van der Waals surface area (Å²) >= 11 is 0. The van der Waals surface area contributed by atoms with Crippen LogP contribution in [0.4, 0.5) is 0 Å². The van der Waals surface area contributed by atoms with E-state index in [2.05, 4.69) is 0 Å². The molecule has 0 aliphatic carbocycles. The second kappa shape index (κ2) is 6.38. The highest BCUT2D eigenvalue weighted by Gasteiger charge is 2.13. The maximum Gasteiger partial charge on any atom is 0.267 e. The number of hydrogen-bond donors (Lipinski definition) is 2. The van der Waals surface area contributed by atoms with Gasteiger partial charge in [0.05, 0.1) is 5.75 Å². The van der Waals surface area contributed by atoms with Crippen molar-refractivity contribution in [1.29, 1.82) is 0 Å². The molecule has 7 heteroatoms. The molecule has 0 atom stereocenters. The van der Waals surface area contributed by atoms with Crippen LogP contribution in [0.2, 0.25) is 0 Å². The van der Waals surface area contributed by atoms with Gasteiger partial charge in [-0.1, -0.05) is 30.3 Å². The van der Waals surface area contributed by atoms with Gasteiger partial charge in [0.1, 0.15) is 0 Å². The number of nitrogens with zero attached hydrogens (tertiary/aromatic N) is 1. The Hall–Kier alpha value is -2.38. The minimum Gasteiger partial charge on any atom is -0.288 e. The Morgan fingerprint density at radius 3 is 2.62 bits per heavy atom. The van der Waals surface area contributed by atoms with Crippen molar-refractivity contribution in [2.75, 3.05) is 0 Å². The molecular formula is C14H14N2O4S. The Morgan fingerprint density at radius 2 is 1.95 bits per heavy atom. The number of hydroxylamine groups is 1. The van der Waals surface area contributed by atoms with Crippen LogP contribution in [-0.4, -0.2) is 23.5 Å². The van der Waals surface area contributed by atoms with Crippen molar-refractivity contribution in [2.24, 2.45) is 0 Å². The van der Waals surface area contributed by atoms with Crippen LogP contribution in [0.15, 0.2) is 54.9 Å². The molecule has 21 heavy (non-hydrogen) atoms. The molecule has 110 valence electrons. The van der Waals surface area contributed by atoms with Crippen LogP contribution in [-0.2, 0) is 20.6 Å². The molecule has 2 N–H and O–H groups in total. The first-order valence-electron chi connectivity index (χ1n) is 6.08. The predicted molar refractivity (Wildman–Crippen MR) is 77.9 cm³/mol. The van der Waals surface area contributed by atoms with Crippen molar-refractivity contribution in [1.82, 2.24) is 9.45 Å². The number of hydrogen-bond acceptors (Lipinski definition) is 4. The van der Waals surface area contributed by atoms with Gasteiger partial charge in [-0.25, -0.2) is 13.9 Å². The normalized spacial score (nSPS) is 11.7. The summed E-state index contributed by atoms with van der Waals surface area (Å²) < 4.78 is 25.6. The van der Waals surface area contributed by atoms with E-state index in [1.807, 2.05) is 6.07 Å². The third-order valence-corrected chi connectivity index (χ3v) is 4.31. The summed E-state index contributed by atoms with van der Waals surface area (Å²) in [6, 6.07) is 10.4. The van der Waals surface area contributed by atoms with Gasteiger partial charge in [-0.2, -0.15) is 0 Å². The fourth-order valence-corrected chi connectivity index (χ4v) is 3.02. The van der Waals surface area contributed by atoms with E-state index < -0.39 is 15.9 Å². The van der Waals surface area contributed by atoms with Gasteiger partial charge in [-0.05, 0) is 23.3 Å². The molecule has 2 aromatic rings. The standard InChI is InChI=1S/C14H14N2O4S/c17-14(15-18)7-6-12-8-9-16(10-12)21(19,20)11-13-4-2-1-3-5-13/h1-10,18H,11H2,(H,15,17)/b7-6+. The van der Waals surface area contributed by atoms with Crippen molar-refractivity contribution >= 4 is 22.0 Å². The molecule has 0 aliphatic rings. The van der Waals surface area contributed by atoms with E-state index in [-0.39, 0.29) is 5.75 Å². The lowest BCUT2D eigenvalue weighted by molar-refractivity contribution is -0.124. The van der Waals surface area contributed by atoms with Gasteiger partial charge in [0.15, 0.2) is 0 Å². The molecule has 0 saturated carbocycles. The van der Waals surface area contributed by atoms with Gasteiger partial charge in [0.2, 0.25) is 10.0 Å². The van der Waals surface area contributed by atoms with Gasteiger partial charge in [0.25, 0.3) is 5.91 Å². The second-order valence-electron chi connectivity index (χ2n) is 4.33. The Bertz CT molecular complexity index is 748. The van der Waals surface area contributed by atoms with Crippen LogP contribution in [0.25, 0.3) is 6.08 Å². The van der Waals surface area contributed by atoms with Crippen LogP contribution < -0.4 is 5.48 Å². The monoisotopic (exact) mass is 306 g/mol. The largest absolute Gasteiger partial charge is 0.288 e. The lowest BCUT2D eigenvalue weighted by Crippen LogP contribution is -2.14. The summed E-state index contributed by atoms with van der Waals surface area (Å²) in [4.78, 5) is 10.9. The molecule has 1 aromatic carbocycles. The molecule has 2 rings (SSSR count). The molecule has 0 bridgehead atoms. The Kier molecular flexibility index (Phi) is 4.56. The fraction of sp³-hybridized carbons (Fsp3) is 0.0714. The minimum absolute atomic E-state index is 0.108. The first-order chi connectivity index (χ1) is 10.0. The summed E-state index contributed by atoms with van der Waals surface area (Å²) in [5, 5.41) is 8.36. The van der Waals surface area contributed by atoms with Gasteiger partial charge >= 0.3 is 0 Å². The lowest BCUT2D eigenvalue weighted by Gasteiger charge is -2.05. The minimum atomic E-state index is -3.50.